The maximum atomic E-state index is 3.74. The number of nitrogens with one attached hydrogen (secondary N) is 1. The predicted octanol–water partition coefficient (Wildman–Crippen LogP) is 2.70. The van der Waals surface area contributed by atoms with Crippen LogP contribution in [0.4, 0.5) is 0 Å². The average Bonchev–Trinajstić information content (AvgIpc) is 2.91. The standard InChI is InChI=1S/C17H24N2/c1-19-10-7-17(8-11-19)12-13-6-9-18-16(13)14-4-2-3-5-15(14)17/h2-5,13,16,18H,6-12H2,1H3/t13-,16-/m0/s1. The molecule has 19 heavy (non-hydrogen) atoms. The first kappa shape index (κ1) is 11.9. The van der Waals surface area contributed by atoms with Gasteiger partial charge < -0.3 is 10.2 Å². The normalized spacial score (nSPS) is 33.1. The van der Waals surface area contributed by atoms with Gasteiger partial charge in [0.1, 0.15) is 0 Å². The van der Waals surface area contributed by atoms with Crippen molar-refractivity contribution in [2.24, 2.45) is 5.92 Å². The van der Waals surface area contributed by atoms with Crippen molar-refractivity contribution in [2.75, 3.05) is 26.7 Å². The summed E-state index contributed by atoms with van der Waals surface area (Å²) < 4.78 is 0. The van der Waals surface area contributed by atoms with Gasteiger partial charge >= 0.3 is 0 Å². The topological polar surface area (TPSA) is 15.3 Å². The van der Waals surface area contributed by atoms with Crippen molar-refractivity contribution < 1.29 is 0 Å². The van der Waals surface area contributed by atoms with E-state index in [4.69, 9.17) is 0 Å². The van der Waals surface area contributed by atoms with E-state index in [0.29, 0.717) is 11.5 Å². The highest BCUT2D eigenvalue weighted by Gasteiger charge is 2.46. The van der Waals surface area contributed by atoms with Crippen molar-refractivity contribution >= 4 is 0 Å². The van der Waals surface area contributed by atoms with E-state index in [0.717, 1.165) is 5.92 Å². The molecule has 2 heteroatoms. The maximum Gasteiger partial charge on any atom is 0.0352 e. The lowest BCUT2D eigenvalue weighted by molar-refractivity contribution is 0.143. The van der Waals surface area contributed by atoms with E-state index in [1.165, 1.54) is 45.3 Å². The van der Waals surface area contributed by atoms with Crippen LogP contribution in [0, 0.1) is 5.92 Å². The van der Waals surface area contributed by atoms with Gasteiger partial charge in [-0.15, -0.1) is 0 Å². The Bertz CT molecular complexity index is 474. The summed E-state index contributed by atoms with van der Waals surface area (Å²) >= 11 is 0. The molecule has 102 valence electrons. The van der Waals surface area contributed by atoms with Gasteiger partial charge in [-0.1, -0.05) is 24.3 Å². The summed E-state index contributed by atoms with van der Waals surface area (Å²) in [4.78, 5) is 2.49. The fourth-order valence-corrected chi connectivity index (χ4v) is 4.72. The smallest absolute Gasteiger partial charge is 0.0352 e. The number of piperidine rings is 1. The van der Waals surface area contributed by atoms with Crippen LogP contribution in [0.5, 0.6) is 0 Å². The van der Waals surface area contributed by atoms with Crippen LogP contribution in [0.3, 0.4) is 0 Å². The minimum absolute atomic E-state index is 0.482. The van der Waals surface area contributed by atoms with Crippen LogP contribution in [0.15, 0.2) is 24.3 Å². The van der Waals surface area contributed by atoms with Gasteiger partial charge in [0.05, 0.1) is 0 Å². The number of benzene rings is 1. The summed E-state index contributed by atoms with van der Waals surface area (Å²) in [6, 6.07) is 9.90. The van der Waals surface area contributed by atoms with Gasteiger partial charge in [0.15, 0.2) is 0 Å². The fraction of sp³-hybridized carbons (Fsp3) is 0.647. The van der Waals surface area contributed by atoms with Gasteiger partial charge in [-0.3, -0.25) is 0 Å². The number of fused-ring (bicyclic) bond motifs is 4. The van der Waals surface area contributed by atoms with Gasteiger partial charge in [-0.2, -0.15) is 0 Å². The SMILES string of the molecule is CN1CCC2(CC1)C[C@@H]1CCN[C@@H]1c1ccccc12. The quantitative estimate of drug-likeness (QED) is 0.768. The van der Waals surface area contributed by atoms with E-state index in [9.17, 15) is 0 Å². The molecule has 0 bridgehead atoms. The molecule has 2 atom stereocenters. The van der Waals surface area contributed by atoms with Crippen LogP contribution in [-0.2, 0) is 5.41 Å². The number of hydrogen-bond acceptors (Lipinski definition) is 2. The zero-order chi connectivity index (χ0) is 12.9. The Morgan fingerprint density at radius 2 is 2.00 bits per heavy atom. The second-order valence-corrected chi connectivity index (χ2v) is 6.86. The lowest BCUT2D eigenvalue weighted by Gasteiger charge is -2.48. The lowest BCUT2D eigenvalue weighted by atomic mass is 9.60. The third-order valence-corrected chi connectivity index (χ3v) is 5.82. The van der Waals surface area contributed by atoms with E-state index in [1.54, 1.807) is 11.1 Å². The molecule has 1 aromatic carbocycles. The summed E-state index contributed by atoms with van der Waals surface area (Å²) in [6.07, 6.45) is 5.49. The Labute approximate surface area is 116 Å². The molecule has 1 spiro atoms. The molecule has 1 aromatic rings. The van der Waals surface area contributed by atoms with Crippen LogP contribution in [-0.4, -0.2) is 31.6 Å². The molecule has 2 aliphatic heterocycles. The zero-order valence-corrected chi connectivity index (χ0v) is 11.9. The first-order chi connectivity index (χ1) is 9.28. The van der Waals surface area contributed by atoms with Crippen molar-refractivity contribution in [1.29, 1.82) is 0 Å². The molecule has 0 unspecified atom stereocenters. The summed E-state index contributed by atoms with van der Waals surface area (Å²) in [6.45, 7) is 3.73. The third kappa shape index (κ3) is 1.77. The highest BCUT2D eigenvalue weighted by atomic mass is 15.1. The minimum Gasteiger partial charge on any atom is -0.310 e. The Balaban J connectivity index is 1.78. The average molecular weight is 256 g/mol. The van der Waals surface area contributed by atoms with Gasteiger partial charge in [0.2, 0.25) is 0 Å². The van der Waals surface area contributed by atoms with Gasteiger partial charge in [0.25, 0.3) is 0 Å². The Morgan fingerprint density at radius 1 is 1.21 bits per heavy atom. The van der Waals surface area contributed by atoms with Gasteiger partial charge in [-0.05, 0) is 74.8 Å². The monoisotopic (exact) mass is 256 g/mol. The van der Waals surface area contributed by atoms with Crippen molar-refractivity contribution in [3.63, 3.8) is 0 Å². The molecule has 1 N–H and O–H groups in total. The first-order valence-electron chi connectivity index (χ1n) is 7.80. The number of hydrogen-bond donors (Lipinski definition) is 1. The molecule has 2 saturated heterocycles. The van der Waals surface area contributed by atoms with Gasteiger partial charge in [-0.25, -0.2) is 0 Å². The molecular formula is C17H24N2. The molecule has 4 rings (SSSR count). The van der Waals surface area contributed by atoms with Crippen LogP contribution >= 0.6 is 0 Å². The fourth-order valence-electron chi connectivity index (χ4n) is 4.72. The molecule has 2 nitrogen and oxygen atoms in total. The Kier molecular flexibility index (Phi) is 2.71. The summed E-state index contributed by atoms with van der Waals surface area (Å²) in [7, 11) is 2.27. The summed E-state index contributed by atoms with van der Waals surface area (Å²) in [5, 5.41) is 3.74. The van der Waals surface area contributed by atoms with Gasteiger partial charge in [0, 0.05) is 6.04 Å². The van der Waals surface area contributed by atoms with Crippen LogP contribution in [0.2, 0.25) is 0 Å². The number of likely N-dealkylation sites (tertiary alicyclic amines) is 1. The third-order valence-electron chi connectivity index (χ3n) is 5.82. The van der Waals surface area contributed by atoms with Crippen LogP contribution < -0.4 is 5.32 Å². The highest BCUT2D eigenvalue weighted by Crippen LogP contribution is 2.52. The van der Waals surface area contributed by atoms with E-state index < -0.39 is 0 Å². The molecule has 2 heterocycles. The number of rotatable bonds is 0. The van der Waals surface area contributed by atoms with E-state index in [-0.39, 0.29) is 0 Å². The van der Waals surface area contributed by atoms with Crippen molar-refractivity contribution in [3.8, 4) is 0 Å². The van der Waals surface area contributed by atoms with E-state index in [2.05, 4.69) is 41.5 Å². The minimum atomic E-state index is 0.482. The largest absolute Gasteiger partial charge is 0.310 e. The van der Waals surface area contributed by atoms with Crippen LogP contribution in [0.1, 0.15) is 42.9 Å². The first-order valence-corrected chi connectivity index (χ1v) is 7.80. The molecule has 0 saturated carbocycles. The molecule has 1 aliphatic carbocycles. The second kappa shape index (κ2) is 4.32. The predicted molar refractivity (Wildman–Crippen MR) is 78.3 cm³/mol. The van der Waals surface area contributed by atoms with Crippen molar-refractivity contribution in [1.82, 2.24) is 10.2 Å². The number of nitrogens with zero attached hydrogens (tertiary/aromatic N) is 1. The highest BCUT2D eigenvalue weighted by molar-refractivity contribution is 5.41. The molecule has 3 aliphatic rings. The zero-order valence-electron chi connectivity index (χ0n) is 11.9. The van der Waals surface area contributed by atoms with Crippen molar-refractivity contribution in [3.05, 3.63) is 35.4 Å². The van der Waals surface area contributed by atoms with E-state index >= 15 is 0 Å². The van der Waals surface area contributed by atoms with E-state index in [1.807, 2.05) is 0 Å². The second-order valence-electron chi connectivity index (χ2n) is 6.86. The molecule has 0 amide bonds. The lowest BCUT2D eigenvalue weighted by Crippen LogP contribution is -2.45. The molecular weight excluding hydrogens is 232 g/mol. The van der Waals surface area contributed by atoms with Crippen molar-refractivity contribution in [2.45, 2.75) is 37.1 Å². The molecule has 0 aromatic heterocycles. The summed E-state index contributed by atoms with van der Waals surface area (Å²) in [5.74, 6) is 0.873. The maximum absolute atomic E-state index is 3.74. The Hall–Kier alpha value is -0.860. The Morgan fingerprint density at radius 3 is 2.84 bits per heavy atom. The molecule has 0 radical (unpaired) electrons. The summed E-state index contributed by atoms with van der Waals surface area (Å²) in [5.41, 5.74) is 3.76. The molecule has 2 fully saturated rings. The van der Waals surface area contributed by atoms with Crippen LogP contribution in [0.25, 0.3) is 0 Å².